The van der Waals surface area contributed by atoms with E-state index in [-0.39, 0.29) is 11.1 Å². The molecule has 1 unspecified atom stereocenters. The minimum absolute atomic E-state index is 0.0847. The fourth-order valence-corrected chi connectivity index (χ4v) is 0.967. The van der Waals surface area contributed by atoms with E-state index in [1.807, 2.05) is 0 Å². The smallest absolute Gasteiger partial charge is 0.190 e. The fourth-order valence-electron chi connectivity index (χ4n) is 0.831. The molecule has 0 aromatic heterocycles. The molecule has 0 saturated carbocycles. The summed E-state index contributed by atoms with van der Waals surface area (Å²) in [6.07, 6.45) is 0. The van der Waals surface area contributed by atoms with Crippen LogP contribution in [0.15, 0.2) is 23.4 Å². The Bertz CT molecular complexity index is 375. The van der Waals surface area contributed by atoms with Crippen molar-refractivity contribution in [1.82, 2.24) is 0 Å². The second-order valence-electron chi connectivity index (χ2n) is 2.29. The van der Waals surface area contributed by atoms with Gasteiger partial charge in [-0.15, -0.1) is 4.91 Å². The lowest BCUT2D eigenvalue weighted by Crippen LogP contribution is -1.90. The van der Waals surface area contributed by atoms with Gasteiger partial charge in [-0.3, -0.25) is 0 Å². The highest BCUT2D eigenvalue weighted by Crippen LogP contribution is 2.22. The summed E-state index contributed by atoms with van der Waals surface area (Å²) in [5, 5.41) is 10.9. The van der Waals surface area contributed by atoms with E-state index in [1.165, 1.54) is 12.1 Å². The number of nitroso groups, excluding NO2 is 1. The summed E-state index contributed by atoms with van der Waals surface area (Å²) in [4.78, 5) is 10.0. The molecule has 0 heterocycles. The zero-order valence-electron chi connectivity index (χ0n) is 6.37. The average molecular weight is 199 g/mol. The van der Waals surface area contributed by atoms with E-state index >= 15 is 0 Å². The third kappa shape index (κ3) is 2.01. The average Bonchev–Trinajstić information content (AvgIpc) is 2.16. The zero-order valence-corrected chi connectivity index (χ0v) is 7.12. The molecule has 1 aromatic rings. The Kier molecular flexibility index (Phi) is 2.93. The van der Waals surface area contributed by atoms with Crippen LogP contribution in [0.1, 0.15) is 16.6 Å². The van der Waals surface area contributed by atoms with Gasteiger partial charge in [0, 0.05) is 0 Å². The SMILES string of the molecule is N#Cc1ccc(C(Cl)N=O)cc1F. The van der Waals surface area contributed by atoms with Crippen molar-refractivity contribution in [2.24, 2.45) is 5.18 Å². The van der Waals surface area contributed by atoms with Gasteiger partial charge in [0.25, 0.3) is 0 Å². The first kappa shape index (κ1) is 9.62. The molecule has 66 valence electrons. The predicted molar refractivity (Wildman–Crippen MR) is 45.5 cm³/mol. The Labute approximate surface area is 78.7 Å². The van der Waals surface area contributed by atoms with Gasteiger partial charge < -0.3 is 0 Å². The Morgan fingerprint density at radius 2 is 2.31 bits per heavy atom. The first-order valence-corrected chi connectivity index (χ1v) is 3.78. The normalized spacial score (nSPS) is 11.8. The van der Waals surface area contributed by atoms with Crippen LogP contribution >= 0.6 is 11.6 Å². The molecule has 0 aliphatic carbocycles. The summed E-state index contributed by atoms with van der Waals surface area (Å²) in [5.41, 5.74) is -0.950. The van der Waals surface area contributed by atoms with Crippen molar-refractivity contribution in [3.05, 3.63) is 40.1 Å². The summed E-state index contributed by atoms with van der Waals surface area (Å²) in [5.74, 6) is -0.700. The summed E-state index contributed by atoms with van der Waals surface area (Å²) < 4.78 is 12.9. The second kappa shape index (κ2) is 3.97. The van der Waals surface area contributed by atoms with E-state index in [1.54, 1.807) is 6.07 Å². The highest BCUT2D eigenvalue weighted by Gasteiger charge is 2.10. The van der Waals surface area contributed by atoms with Gasteiger partial charge in [-0.2, -0.15) is 5.26 Å². The number of halogens is 2. The first-order valence-electron chi connectivity index (χ1n) is 3.35. The molecule has 0 spiro atoms. The lowest BCUT2D eigenvalue weighted by molar-refractivity contribution is 0.621. The molecule has 0 radical (unpaired) electrons. The number of rotatable bonds is 2. The highest BCUT2D eigenvalue weighted by molar-refractivity contribution is 6.20. The maximum atomic E-state index is 12.9. The maximum Gasteiger partial charge on any atom is 0.190 e. The van der Waals surface area contributed by atoms with Crippen LogP contribution in [0, 0.1) is 22.1 Å². The molecule has 0 N–H and O–H groups in total. The lowest BCUT2D eigenvalue weighted by atomic mass is 10.1. The van der Waals surface area contributed by atoms with Crippen molar-refractivity contribution >= 4 is 11.6 Å². The molecule has 0 aliphatic heterocycles. The maximum absolute atomic E-state index is 12.9. The molecule has 5 heteroatoms. The van der Waals surface area contributed by atoms with Crippen molar-refractivity contribution in [3.63, 3.8) is 0 Å². The largest absolute Gasteiger partial charge is 0.206 e. The molecule has 0 fully saturated rings. The van der Waals surface area contributed by atoms with E-state index in [2.05, 4.69) is 5.18 Å². The predicted octanol–water partition coefficient (Wildman–Crippen LogP) is 2.70. The summed E-state index contributed by atoms with van der Waals surface area (Å²) in [7, 11) is 0. The molecule has 13 heavy (non-hydrogen) atoms. The summed E-state index contributed by atoms with van der Waals surface area (Å²) in [6.45, 7) is 0. The van der Waals surface area contributed by atoms with E-state index in [9.17, 15) is 9.30 Å². The van der Waals surface area contributed by atoms with Crippen molar-refractivity contribution in [1.29, 1.82) is 5.26 Å². The zero-order chi connectivity index (χ0) is 9.84. The molecule has 0 amide bonds. The lowest BCUT2D eigenvalue weighted by Gasteiger charge is -2.00. The Morgan fingerprint density at radius 3 is 2.77 bits per heavy atom. The van der Waals surface area contributed by atoms with Crippen LogP contribution in [0.5, 0.6) is 0 Å². The third-order valence-electron chi connectivity index (χ3n) is 1.48. The standard InChI is InChI=1S/C8H4ClFN2O/c9-8(12-13)5-1-2-6(4-11)7(10)3-5/h1-3,8H. The van der Waals surface area contributed by atoms with Crippen LogP contribution in [-0.2, 0) is 0 Å². The molecule has 1 aromatic carbocycles. The molecular formula is C8H4ClFN2O. The quantitative estimate of drug-likeness (QED) is 0.417. The number of hydrogen-bond donors (Lipinski definition) is 0. The van der Waals surface area contributed by atoms with Crippen LogP contribution in [0.4, 0.5) is 4.39 Å². The van der Waals surface area contributed by atoms with Gasteiger partial charge in [0.1, 0.15) is 11.9 Å². The number of nitriles is 1. The van der Waals surface area contributed by atoms with Crippen LogP contribution in [-0.4, -0.2) is 0 Å². The van der Waals surface area contributed by atoms with E-state index in [0.29, 0.717) is 0 Å². The van der Waals surface area contributed by atoms with E-state index < -0.39 is 11.3 Å². The van der Waals surface area contributed by atoms with Crippen LogP contribution in [0.3, 0.4) is 0 Å². The van der Waals surface area contributed by atoms with Gasteiger partial charge >= 0.3 is 0 Å². The number of hydrogen-bond acceptors (Lipinski definition) is 3. The van der Waals surface area contributed by atoms with Gasteiger partial charge in [-0.05, 0) is 22.9 Å². The molecule has 0 bridgehead atoms. The van der Waals surface area contributed by atoms with Crippen molar-refractivity contribution in [2.45, 2.75) is 5.50 Å². The Hall–Kier alpha value is -1.47. The topological polar surface area (TPSA) is 53.2 Å². The Balaban J connectivity index is 3.11. The number of nitrogens with zero attached hydrogens (tertiary/aromatic N) is 2. The number of alkyl halides is 1. The molecular weight excluding hydrogens is 195 g/mol. The third-order valence-corrected chi connectivity index (χ3v) is 1.81. The van der Waals surface area contributed by atoms with E-state index in [4.69, 9.17) is 16.9 Å². The highest BCUT2D eigenvalue weighted by atomic mass is 35.5. The number of benzene rings is 1. The van der Waals surface area contributed by atoms with E-state index in [0.717, 1.165) is 6.07 Å². The second-order valence-corrected chi connectivity index (χ2v) is 2.71. The minimum atomic E-state index is -1.11. The van der Waals surface area contributed by atoms with Gasteiger partial charge in [0.15, 0.2) is 5.50 Å². The monoisotopic (exact) mass is 198 g/mol. The van der Waals surface area contributed by atoms with Gasteiger partial charge in [0.2, 0.25) is 0 Å². The van der Waals surface area contributed by atoms with Gasteiger partial charge in [0.05, 0.1) is 5.56 Å². The van der Waals surface area contributed by atoms with Crippen LogP contribution in [0.25, 0.3) is 0 Å². The minimum Gasteiger partial charge on any atom is -0.206 e. The fraction of sp³-hybridized carbons (Fsp3) is 0.125. The molecule has 1 rings (SSSR count). The van der Waals surface area contributed by atoms with Gasteiger partial charge in [-0.1, -0.05) is 17.7 Å². The summed E-state index contributed by atoms with van der Waals surface area (Å²) >= 11 is 5.43. The van der Waals surface area contributed by atoms with Crippen LogP contribution in [0.2, 0.25) is 0 Å². The molecule has 0 saturated heterocycles. The molecule has 1 atom stereocenters. The van der Waals surface area contributed by atoms with Crippen molar-refractivity contribution < 1.29 is 4.39 Å². The summed E-state index contributed by atoms with van der Waals surface area (Å²) in [6, 6.07) is 5.32. The van der Waals surface area contributed by atoms with Crippen LogP contribution < -0.4 is 0 Å². The van der Waals surface area contributed by atoms with Crippen molar-refractivity contribution in [3.8, 4) is 6.07 Å². The first-order chi connectivity index (χ1) is 6.19. The molecule has 0 aliphatic rings. The van der Waals surface area contributed by atoms with Gasteiger partial charge in [-0.25, -0.2) is 4.39 Å². The Morgan fingerprint density at radius 1 is 1.62 bits per heavy atom. The molecule has 3 nitrogen and oxygen atoms in total. The van der Waals surface area contributed by atoms with Crippen molar-refractivity contribution in [2.75, 3.05) is 0 Å².